The van der Waals surface area contributed by atoms with Crippen LogP contribution in [0.5, 0.6) is 0 Å². The highest BCUT2D eigenvalue weighted by Gasteiger charge is 2.33. The lowest BCUT2D eigenvalue weighted by atomic mass is 10.1. The van der Waals surface area contributed by atoms with Crippen LogP contribution in [0.4, 0.5) is 18.9 Å². The zero-order valence-electron chi connectivity index (χ0n) is 15.8. The number of aryl methyl sites for hydroxylation is 1. The molecule has 0 unspecified atom stereocenters. The van der Waals surface area contributed by atoms with Crippen molar-refractivity contribution in [2.75, 3.05) is 12.4 Å². The molecule has 0 aliphatic heterocycles. The molecule has 3 aromatic rings. The monoisotopic (exact) mass is 420 g/mol. The number of hydrogen-bond donors (Lipinski definition) is 1. The van der Waals surface area contributed by atoms with Crippen molar-refractivity contribution >= 4 is 22.9 Å². The number of rotatable bonds is 6. The molecule has 0 aliphatic carbocycles. The van der Waals surface area contributed by atoms with E-state index in [9.17, 15) is 18.0 Å². The lowest BCUT2D eigenvalue weighted by Gasteiger charge is -2.18. The Bertz CT molecular complexity index is 986. The Balaban J connectivity index is 1.63. The summed E-state index contributed by atoms with van der Waals surface area (Å²) in [5, 5.41) is 11.4. The van der Waals surface area contributed by atoms with E-state index >= 15 is 0 Å². The molecular formula is C20H19F3N4OS. The number of halogens is 3. The van der Waals surface area contributed by atoms with Crippen molar-refractivity contribution in [3.63, 3.8) is 0 Å². The van der Waals surface area contributed by atoms with Gasteiger partial charge in [-0.15, -0.1) is 10.2 Å². The minimum absolute atomic E-state index is 0.0974. The van der Waals surface area contributed by atoms with E-state index in [-0.39, 0.29) is 29.6 Å². The van der Waals surface area contributed by atoms with Gasteiger partial charge in [-0.1, -0.05) is 47.2 Å². The molecule has 0 bridgehead atoms. The van der Waals surface area contributed by atoms with Crippen molar-refractivity contribution in [2.24, 2.45) is 0 Å². The average Bonchev–Trinajstić information content (AvgIpc) is 3.11. The SMILES string of the molecule is Cc1ccc(NC(=O)c2nnc(CN(C)Cc3ccccc3C(F)(F)F)s2)cc1. The van der Waals surface area contributed by atoms with Crippen molar-refractivity contribution in [3.8, 4) is 0 Å². The van der Waals surface area contributed by atoms with Gasteiger partial charge in [-0.2, -0.15) is 13.2 Å². The summed E-state index contributed by atoms with van der Waals surface area (Å²) in [5.41, 5.74) is 1.26. The molecular weight excluding hydrogens is 401 g/mol. The molecule has 0 saturated heterocycles. The second-order valence-corrected chi connectivity index (χ2v) is 7.71. The molecule has 1 heterocycles. The highest BCUT2D eigenvalue weighted by molar-refractivity contribution is 7.13. The van der Waals surface area contributed by atoms with Gasteiger partial charge in [0.1, 0.15) is 5.01 Å². The van der Waals surface area contributed by atoms with E-state index in [1.165, 1.54) is 12.1 Å². The van der Waals surface area contributed by atoms with Gasteiger partial charge in [0.05, 0.1) is 12.1 Å². The fourth-order valence-electron chi connectivity index (χ4n) is 2.74. The van der Waals surface area contributed by atoms with Crippen LogP contribution in [0, 0.1) is 6.92 Å². The summed E-state index contributed by atoms with van der Waals surface area (Å²) < 4.78 is 39.4. The van der Waals surface area contributed by atoms with E-state index in [0.717, 1.165) is 23.0 Å². The molecule has 1 amide bonds. The molecule has 1 aromatic heterocycles. The molecule has 0 saturated carbocycles. The number of amides is 1. The van der Waals surface area contributed by atoms with Gasteiger partial charge in [0.2, 0.25) is 5.01 Å². The predicted molar refractivity (Wildman–Crippen MR) is 106 cm³/mol. The van der Waals surface area contributed by atoms with Crippen LogP contribution in [0.2, 0.25) is 0 Å². The Morgan fingerprint density at radius 2 is 1.76 bits per heavy atom. The number of nitrogens with one attached hydrogen (secondary N) is 1. The Hall–Kier alpha value is -2.78. The van der Waals surface area contributed by atoms with Crippen molar-refractivity contribution in [1.82, 2.24) is 15.1 Å². The molecule has 1 N–H and O–H groups in total. The number of anilines is 1. The minimum Gasteiger partial charge on any atom is -0.320 e. The van der Waals surface area contributed by atoms with Crippen molar-refractivity contribution in [1.29, 1.82) is 0 Å². The van der Waals surface area contributed by atoms with Crippen LogP contribution in [0.3, 0.4) is 0 Å². The minimum atomic E-state index is -4.40. The van der Waals surface area contributed by atoms with Gasteiger partial charge < -0.3 is 5.32 Å². The van der Waals surface area contributed by atoms with Crippen LogP contribution in [0.25, 0.3) is 0 Å². The van der Waals surface area contributed by atoms with Crippen molar-refractivity contribution < 1.29 is 18.0 Å². The fraction of sp³-hybridized carbons (Fsp3) is 0.250. The summed E-state index contributed by atoms with van der Waals surface area (Å²) in [5.74, 6) is -0.373. The molecule has 0 radical (unpaired) electrons. The van der Waals surface area contributed by atoms with E-state index < -0.39 is 11.7 Å². The lowest BCUT2D eigenvalue weighted by Crippen LogP contribution is -2.20. The van der Waals surface area contributed by atoms with Crippen molar-refractivity contribution in [2.45, 2.75) is 26.2 Å². The van der Waals surface area contributed by atoms with E-state index in [1.54, 1.807) is 30.1 Å². The Morgan fingerprint density at radius 1 is 1.07 bits per heavy atom. The molecule has 0 fully saturated rings. The van der Waals surface area contributed by atoms with Crippen LogP contribution in [-0.2, 0) is 19.3 Å². The molecule has 5 nitrogen and oxygen atoms in total. The highest BCUT2D eigenvalue weighted by atomic mass is 32.1. The quantitative estimate of drug-likeness (QED) is 0.625. The van der Waals surface area contributed by atoms with Crippen LogP contribution in [-0.4, -0.2) is 28.1 Å². The number of alkyl halides is 3. The van der Waals surface area contributed by atoms with Gasteiger partial charge in [-0.25, -0.2) is 0 Å². The first-order valence-electron chi connectivity index (χ1n) is 8.76. The van der Waals surface area contributed by atoms with Gasteiger partial charge in [0, 0.05) is 12.2 Å². The van der Waals surface area contributed by atoms with Crippen LogP contribution in [0.1, 0.15) is 31.5 Å². The standard InChI is InChI=1S/C20H19F3N4OS/c1-13-7-9-15(10-8-13)24-18(28)19-26-25-17(29-19)12-27(2)11-14-5-3-4-6-16(14)20(21,22)23/h3-10H,11-12H2,1-2H3,(H,24,28). The fourth-order valence-corrected chi connectivity index (χ4v) is 3.56. The zero-order chi connectivity index (χ0) is 21.0. The predicted octanol–water partition coefficient (Wildman–Crippen LogP) is 4.75. The third-order valence-electron chi connectivity index (χ3n) is 4.14. The first kappa shape index (κ1) is 20.9. The number of carbonyl (C=O) groups excluding carboxylic acids is 1. The maximum Gasteiger partial charge on any atom is 0.416 e. The van der Waals surface area contributed by atoms with Crippen molar-refractivity contribution in [3.05, 3.63) is 75.2 Å². The normalized spacial score (nSPS) is 11.7. The Morgan fingerprint density at radius 3 is 2.45 bits per heavy atom. The lowest BCUT2D eigenvalue weighted by molar-refractivity contribution is -0.138. The summed E-state index contributed by atoms with van der Waals surface area (Å²) in [6.45, 7) is 2.33. The van der Waals surface area contributed by atoms with E-state index in [1.807, 2.05) is 19.1 Å². The van der Waals surface area contributed by atoms with Crippen LogP contribution < -0.4 is 5.32 Å². The maximum absolute atomic E-state index is 13.1. The average molecular weight is 420 g/mol. The highest BCUT2D eigenvalue weighted by Crippen LogP contribution is 2.32. The topological polar surface area (TPSA) is 58.1 Å². The summed E-state index contributed by atoms with van der Waals surface area (Å²) >= 11 is 1.11. The Kier molecular flexibility index (Phi) is 6.29. The van der Waals surface area contributed by atoms with E-state index in [2.05, 4.69) is 15.5 Å². The summed E-state index contributed by atoms with van der Waals surface area (Å²) in [6, 6.07) is 12.8. The van der Waals surface area contributed by atoms with Gasteiger partial charge in [-0.3, -0.25) is 9.69 Å². The second-order valence-electron chi connectivity index (χ2n) is 6.65. The first-order valence-corrected chi connectivity index (χ1v) is 9.58. The molecule has 29 heavy (non-hydrogen) atoms. The molecule has 0 aliphatic rings. The third kappa shape index (κ3) is 5.61. The van der Waals surface area contributed by atoms with Gasteiger partial charge in [0.15, 0.2) is 0 Å². The molecule has 2 aromatic carbocycles. The Labute approximate surface area is 170 Å². The molecule has 152 valence electrons. The number of hydrogen-bond acceptors (Lipinski definition) is 5. The number of nitrogens with zero attached hydrogens (tertiary/aromatic N) is 3. The van der Waals surface area contributed by atoms with Gasteiger partial charge >= 0.3 is 6.18 Å². The summed E-state index contributed by atoms with van der Waals surface area (Å²) in [6.07, 6.45) is -4.40. The summed E-state index contributed by atoms with van der Waals surface area (Å²) in [4.78, 5) is 14.0. The molecule has 0 atom stereocenters. The maximum atomic E-state index is 13.1. The number of aromatic nitrogens is 2. The van der Waals surface area contributed by atoms with E-state index in [0.29, 0.717) is 10.7 Å². The number of benzene rings is 2. The largest absolute Gasteiger partial charge is 0.416 e. The van der Waals surface area contributed by atoms with Crippen LogP contribution in [0.15, 0.2) is 48.5 Å². The summed E-state index contributed by atoms with van der Waals surface area (Å²) in [7, 11) is 1.70. The smallest absolute Gasteiger partial charge is 0.320 e. The third-order valence-corrected chi connectivity index (χ3v) is 5.05. The zero-order valence-corrected chi connectivity index (χ0v) is 16.6. The van der Waals surface area contributed by atoms with Gasteiger partial charge in [-0.05, 0) is 37.7 Å². The number of carbonyl (C=O) groups is 1. The molecule has 0 spiro atoms. The molecule has 9 heteroatoms. The first-order chi connectivity index (χ1) is 13.7. The van der Waals surface area contributed by atoms with Crippen LogP contribution >= 0.6 is 11.3 Å². The molecule has 3 rings (SSSR count). The van der Waals surface area contributed by atoms with Gasteiger partial charge in [0.25, 0.3) is 5.91 Å². The second kappa shape index (κ2) is 8.71. The van der Waals surface area contributed by atoms with E-state index in [4.69, 9.17) is 0 Å².